The second-order valence-corrected chi connectivity index (χ2v) is 7.92. The van der Waals surface area contributed by atoms with E-state index in [4.69, 9.17) is 16.7 Å². The van der Waals surface area contributed by atoms with Gasteiger partial charge in [0.15, 0.2) is 0 Å². The van der Waals surface area contributed by atoms with E-state index in [0.29, 0.717) is 11.6 Å². The molecular weight excluding hydrogens is 366 g/mol. The van der Waals surface area contributed by atoms with Crippen molar-refractivity contribution in [1.29, 1.82) is 0 Å². The maximum atomic E-state index is 12.9. The fourth-order valence-electron chi connectivity index (χ4n) is 4.17. The monoisotopic (exact) mass is 393 g/mol. The molecule has 1 saturated heterocycles. The smallest absolute Gasteiger partial charge is 0.318 e. The number of hydrogen-bond acceptors (Lipinski definition) is 3. The second-order valence-electron chi connectivity index (χ2n) is 7.49. The van der Waals surface area contributed by atoms with Gasteiger partial charge in [0.2, 0.25) is 0 Å². The second kappa shape index (κ2) is 8.93. The lowest BCUT2D eigenvalue weighted by Gasteiger charge is -2.44. The number of carboxylic acids is 1. The molecule has 1 heterocycles. The van der Waals surface area contributed by atoms with Gasteiger partial charge >= 0.3 is 12.0 Å². The fourth-order valence-corrected chi connectivity index (χ4v) is 4.37. The zero-order valence-corrected chi connectivity index (χ0v) is 16.5. The molecule has 148 valence electrons. The first-order valence-corrected chi connectivity index (χ1v) is 10.1. The zero-order chi connectivity index (χ0) is 19.4. The van der Waals surface area contributed by atoms with E-state index >= 15 is 0 Å². The Labute approximate surface area is 165 Å². The first kappa shape index (κ1) is 20.0. The summed E-state index contributed by atoms with van der Waals surface area (Å²) in [6.45, 7) is 3.49. The summed E-state index contributed by atoms with van der Waals surface area (Å²) in [6.07, 6.45) is 4.68. The van der Waals surface area contributed by atoms with Crippen molar-refractivity contribution in [3.8, 4) is 0 Å². The Morgan fingerprint density at radius 1 is 1.33 bits per heavy atom. The minimum atomic E-state index is -0.804. The molecule has 2 N–H and O–H groups in total. The number of carboxylic acid groups (broad SMARTS) is 1. The highest BCUT2D eigenvalue weighted by molar-refractivity contribution is 6.30. The Morgan fingerprint density at radius 2 is 2.11 bits per heavy atom. The van der Waals surface area contributed by atoms with Crippen LogP contribution in [0.1, 0.15) is 50.6 Å². The molecule has 0 radical (unpaired) electrons. The highest BCUT2D eigenvalue weighted by Gasteiger charge is 2.36. The Balaban J connectivity index is 1.56. The third kappa shape index (κ3) is 4.93. The van der Waals surface area contributed by atoms with Gasteiger partial charge < -0.3 is 15.3 Å². The molecule has 0 aromatic heterocycles. The Kier molecular flexibility index (Phi) is 6.60. The number of hydrogen-bond donors (Lipinski definition) is 2. The molecule has 0 spiro atoms. The molecule has 7 heteroatoms. The molecule has 2 amide bonds. The van der Waals surface area contributed by atoms with Crippen molar-refractivity contribution in [3.63, 3.8) is 0 Å². The van der Waals surface area contributed by atoms with Crippen molar-refractivity contribution < 1.29 is 14.7 Å². The van der Waals surface area contributed by atoms with Crippen molar-refractivity contribution in [2.45, 2.75) is 57.2 Å². The average Bonchev–Trinajstić information content (AvgIpc) is 2.62. The molecule has 6 nitrogen and oxygen atoms in total. The summed E-state index contributed by atoms with van der Waals surface area (Å²) in [4.78, 5) is 27.7. The van der Waals surface area contributed by atoms with Gasteiger partial charge in [0.1, 0.15) is 0 Å². The van der Waals surface area contributed by atoms with Crippen LogP contribution in [-0.2, 0) is 4.79 Å². The van der Waals surface area contributed by atoms with Crippen LogP contribution in [0.5, 0.6) is 0 Å². The van der Waals surface area contributed by atoms with E-state index in [-0.39, 0.29) is 30.7 Å². The van der Waals surface area contributed by atoms with Gasteiger partial charge in [-0.1, -0.05) is 30.7 Å². The molecule has 1 aromatic carbocycles. The minimum absolute atomic E-state index is 0.0237. The van der Waals surface area contributed by atoms with E-state index in [2.05, 4.69) is 5.32 Å². The lowest BCUT2D eigenvalue weighted by atomic mass is 9.85. The Hall–Kier alpha value is -1.79. The molecule has 0 bridgehead atoms. The molecule has 1 aromatic rings. The van der Waals surface area contributed by atoms with Gasteiger partial charge in [0.25, 0.3) is 0 Å². The summed E-state index contributed by atoms with van der Waals surface area (Å²) in [5.41, 5.74) is 1.09. The number of nitrogens with zero attached hydrogens (tertiary/aromatic N) is 2. The highest BCUT2D eigenvalue weighted by atomic mass is 35.5. The van der Waals surface area contributed by atoms with Gasteiger partial charge in [-0.2, -0.15) is 0 Å². The molecule has 1 aliphatic carbocycles. The number of piperidine rings is 1. The summed E-state index contributed by atoms with van der Waals surface area (Å²) in [5, 5.41) is 12.8. The fraction of sp³-hybridized carbons (Fsp3) is 0.600. The maximum absolute atomic E-state index is 12.9. The number of carbonyl (C=O) groups is 2. The standard InChI is InChI=1S/C20H28ClN3O3/c1-2-23(13-19(25)26)17-11-16(12-17)22-20(27)24-9-4-3-8-18(24)14-6-5-7-15(21)10-14/h5-7,10,16-18H,2-4,8-9,11-13H2,1H3,(H,22,27)(H,25,26). The first-order valence-electron chi connectivity index (χ1n) is 9.76. The predicted octanol–water partition coefficient (Wildman–Crippen LogP) is 3.51. The minimum Gasteiger partial charge on any atom is -0.480 e. The van der Waals surface area contributed by atoms with Crippen LogP contribution in [0.25, 0.3) is 0 Å². The van der Waals surface area contributed by atoms with Crippen molar-refractivity contribution in [2.24, 2.45) is 0 Å². The number of likely N-dealkylation sites (tertiary alicyclic amines) is 1. The van der Waals surface area contributed by atoms with E-state index < -0.39 is 5.97 Å². The zero-order valence-electron chi connectivity index (χ0n) is 15.7. The first-order chi connectivity index (χ1) is 13.0. The molecule has 2 fully saturated rings. The SMILES string of the molecule is CCN(CC(=O)O)C1CC(NC(=O)N2CCCCC2c2cccc(Cl)c2)C1. The lowest BCUT2D eigenvalue weighted by molar-refractivity contribution is -0.139. The maximum Gasteiger partial charge on any atom is 0.318 e. The Bertz CT molecular complexity index is 678. The van der Waals surface area contributed by atoms with Crippen LogP contribution in [0.3, 0.4) is 0 Å². The molecule has 1 atom stereocenters. The van der Waals surface area contributed by atoms with Crippen LogP contribution < -0.4 is 5.32 Å². The number of amides is 2. The quantitative estimate of drug-likeness (QED) is 0.775. The molecule has 3 rings (SSSR count). The molecule has 1 unspecified atom stereocenters. The van der Waals surface area contributed by atoms with E-state index in [1.807, 2.05) is 41.0 Å². The Morgan fingerprint density at radius 3 is 2.78 bits per heavy atom. The number of aliphatic carboxylic acids is 1. The summed E-state index contributed by atoms with van der Waals surface area (Å²) in [7, 11) is 0. The van der Waals surface area contributed by atoms with E-state index in [0.717, 1.165) is 44.2 Å². The highest BCUT2D eigenvalue weighted by Crippen LogP contribution is 2.33. The van der Waals surface area contributed by atoms with Gasteiger partial charge in [-0.15, -0.1) is 0 Å². The third-order valence-corrected chi connectivity index (χ3v) is 5.93. The van der Waals surface area contributed by atoms with Crippen LogP contribution in [0.2, 0.25) is 5.02 Å². The van der Waals surface area contributed by atoms with E-state index in [1.54, 1.807) is 0 Å². The van der Waals surface area contributed by atoms with Crippen molar-refractivity contribution >= 4 is 23.6 Å². The summed E-state index contributed by atoms with van der Waals surface area (Å²) in [6, 6.07) is 8.16. The molecule has 2 aliphatic rings. The summed E-state index contributed by atoms with van der Waals surface area (Å²) >= 11 is 6.14. The summed E-state index contributed by atoms with van der Waals surface area (Å²) < 4.78 is 0. The van der Waals surface area contributed by atoms with Gasteiger partial charge in [-0.25, -0.2) is 4.79 Å². The lowest BCUT2D eigenvalue weighted by Crippen LogP contribution is -2.57. The number of benzene rings is 1. The van der Waals surface area contributed by atoms with Crippen LogP contribution in [0.4, 0.5) is 4.79 Å². The molecule has 1 aliphatic heterocycles. The normalized spacial score (nSPS) is 25.1. The van der Waals surface area contributed by atoms with Gasteiger partial charge in [0.05, 0.1) is 12.6 Å². The van der Waals surface area contributed by atoms with Gasteiger partial charge in [0, 0.05) is 23.7 Å². The van der Waals surface area contributed by atoms with Gasteiger partial charge in [-0.05, 0) is 56.3 Å². The van der Waals surface area contributed by atoms with Crippen LogP contribution >= 0.6 is 11.6 Å². The molecule has 1 saturated carbocycles. The number of likely N-dealkylation sites (N-methyl/N-ethyl adjacent to an activating group) is 1. The van der Waals surface area contributed by atoms with Crippen molar-refractivity contribution in [2.75, 3.05) is 19.6 Å². The summed E-state index contributed by atoms with van der Waals surface area (Å²) in [5.74, 6) is -0.804. The average molecular weight is 394 g/mol. The number of halogens is 1. The van der Waals surface area contributed by atoms with Crippen LogP contribution in [0.15, 0.2) is 24.3 Å². The van der Waals surface area contributed by atoms with Crippen LogP contribution in [-0.4, -0.2) is 58.6 Å². The number of rotatable bonds is 6. The third-order valence-electron chi connectivity index (χ3n) is 5.70. The topological polar surface area (TPSA) is 72.9 Å². The van der Waals surface area contributed by atoms with E-state index in [1.165, 1.54) is 0 Å². The molecule has 27 heavy (non-hydrogen) atoms. The van der Waals surface area contributed by atoms with Crippen molar-refractivity contribution in [1.82, 2.24) is 15.1 Å². The van der Waals surface area contributed by atoms with Crippen LogP contribution in [0, 0.1) is 0 Å². The van der Waals surface area contributed by atoms with Gasteiger partial charge in [-0.3, -0.25) is 9.69 Å². The van der Waals surface area contributed by atoms with Crippen molar-refractivity contribution in [3.05, 3.63) is 34.9 Å². The number of carbonyl (C=O) groups excluding carboxylic acids is 1. The number of urea groups is 1. The molecular formula is C20H28ClN3O3. The van der Waals surface area contributed by atoms with E-state index in [9.17, 15) is 9.59 Å². The predicted molar refractivity (Wildman–Crippen MR) is 105 cm³/mol. The largest absolute Gasteiger partial charge is 0.480 e. The number of nitrogens with one attached hydrogen (secondary N) is 1.